The largest absolute Gasteiger partial charge is 0.424 e. The first-order chi connectivity index (χ1) is 14.2. The lowest BCUT2D eigenvalue weighted by atomic mass is 10.2. The molecule has 0 saturated heterocycles. The lowest BCUT2D eigenvalue weighted by molar-refractivity contribution is 0.444. The Balaban J connectivity index is 1.36. The molecule has 29 heavy (non-hydrogen) atoms. The number of benzene rings is 2. The van der Waals surface area contributed by atoms with Crippen LogP contribution in [0.25, 0.3) is 21.8 Å². The number of aryl methyl sites for hydroxylation is 1. The molecule has 0 unspecified atom stereocenters. The highest BCUT2D eigenvalue weighted by Crippen LogP contribution is 2.29. The molecule has 7 heteroatoms. The Hall–Kier alpha value is -4.00. The minimum Gasteiger partial charge on any atom is -0.424 e. The van der Waals surface area contributed by atoms with Crippen molar-refractivity contribution in [2.24, 2.45) is 7.05 Å². The van der Waals surface area contributed by atoms with E-state index in [-0.39, 0.29) is 0 Å². The highest BCUT2D eigenvalue weighted by Gasteiger charge is 2.08. The van der Waals surface area contributed by atoms with Crippen LogP contribution in [0, 0.1) is 0 Å². The molecule has 2 aromatic carbocycles. The van der Waals surface area contributed by atoms with E-state index in [4.69, 9.17) is 4.74 Å². The molecule has 0 amide bonds. The third-order valence-corrected chi connectivity index (χ3v) is 4.79. The van der Waals surface area contributed by atoms with Crippen molar-refractivity contribution in [3.05, 3.63) is 73.3 Å². The van der Waals surface area contributed by atoms with Crippen molar-refractivity contribution in [1.29, 1.82) is 0 Å². The van der Waals surface area contributed by atoms with E-state index in [0.717, 1.165) is 33.2 Å². The van der Waals surface area contributed by atoms with Crippen LogP contribution in [0.4, 0.5) is 11.4 Å². The van der Waals surface area contributed by atoms with E-state index in [1.54, 1.807) is 18.6 Å². The third-order valence-electron chi connectivity index (χ3n) is 4.79. The van der Waals surface area contributed by atoms with Gasteiger partial charge in [-0.1, -0.05) is 0 Å². The molecular weight excluding hydrogens is 364 g/mol. The third kappa shape index (κ3) is 3.34. The Morgan fingerprint density at radius 3 is 2.59 bits per heavy atom. The average Bonchev–Trinajstić information content (AvgIpc) is 3.13. The molecule has 0 atom stereocenters. The number of pyridine rings is 1. The van der Waals surface area contributed by atoms with Crippen molar-refractivity contribution in [3.63, 3.8) is 0 Å². The molecule has 0 saturated carbocycles. The maximum absolute atomic E-state index is 5.81. The van der Waals surface area contributed by atoms with Gasteiger partial charge in [-0.25, -0.2) is 4.98 Å². The van der Waals surface area contributed by atoms with Gasteiger partial charge in [0.05, 0.1) is 17.2 Å². The fourth-order valence-electron chi connectivity index (χ4n) is 3.24. The Labute approximate surface area is 167 Å². The number of nitrogens with zero attached hydrogens (tertiary/aromatic N) is 6. The summed E-state index contributed by atoms with van der Waals surface area (Å²) < 4.78 is 7.63. The lowest BCUT2D eigenvalue weighted by Crippen LogP contribution is -2.08. The molecule has 3 aromatic heterocycles. The lowest BCUT2D eigenvalue weighted by Gasteiger charge is -2.19. The van der Waals surface area contributed by atoms with E-state index in [0.29, 0.717) is 11.8 Å². The standard InChI is InChI=1S/C22H18N6O/c1-27-14-16-11-18(5-8-20(16)26-27)28(2)17-3-6-19(7-4-17)29-22-24-12-15-9-10-23-13-21(15)25-22/h3-14H,1-2H3. The van der Waals surface area contributed by atoms with Gasteiger partial charge in [0.15, 0.2) is 0 Å². The first-order valence-electron chi connectivity index (χ1n) is 9.17. The maximum Gasteiger partial charge on any atom is 0.322 e. The molecule has 0 aliphatic heterocycles. The van der Waals surface area contributed by atoms with Crippen LogP contribution in [-0.4, -0.2) is 31.8 Å². The number of aromatic nitrogens is 5. The Morgan fingerprint density at radius 1 is 0.897 bits per heavy atom. The van der Waals surface area contributed by atoms with Crippen molar-refractivity contribution in [3.8, 4) is 11.8 Å². The molecule has 0 fully saturated rings. The molecule has 0 aliphatic rings. The van der Waals surface area contributed by atoms with Crippen LogP contribution < -0.4 is 9.64 Å². The molecule has 142 valence electrons. The number of hydrogen-bond donors (Lipinski definition) is 0. The van der Waals surface area contributed by atoms with Gasteiger partial charge in [0.1, 0.15) is 5.75 Å². The molecular formula is C22H18N6O. The normalized spacial score (nSPS) is 11.1. The first kappa shape index (κ1) is 17.1. The van der Waals surface area contributed by atoms with Gasteiger partial charge >= 0.3 is 6.01 Å². The van der Waals surface area contributed by atoms with Crippen LogP contribution in [0.5, 0.6) is 11.8 Å². The van der Waals surface area contributed by atoms with Gasteiger partial charge < -0.3 is 9.64 Å². The number of hydrogen-bond acceptors (Lipinski definition) is 6. The fourth-order valence-corrected chi connectivity index (χ4v) is 3.24. The number of fused-ring (bicyclic) bond motifs is 2. The second kappa shape index (κ2) is 6.87. The van der Waals surface area contributed by atoms with E-state index >= 15 is 0 Å². The summed E-state index contributed by atoms with van der Waals surface area (Å²) in [6.07, 6.45) is 7.16. The van der Waals surface area contributed by atoms with Crippen molar-refractivity contribution in [1.82, 2.24) is 24.7 Å². The van der Waals surface area contributed by atoms with Crippen molar-refractivity contribution < 1.29 is 4.74 Å². The zero-order valence-electron chi connectivity index (χ0n) is 16.0. The van der Waals surface area contributed by atoms with E-state index in [9.17, 15) is 0 Å². The van der Waals surface area contributed by atoms with E-state index in [2.05, 4.69) is 37.1 Å². The summed E-state index contributed by atoms with van der Waals surface area (Å²) in [5, 5.41) is 6.46. The summed E-state index contributed by atoms with van der Waals surface area (Å²) in [6, 6.07) is 16.2. The summed E-state index contributed by atoms with van der Waals surface area (Å²) in [4.78, 5) is 14.9. The maximum atomic E-state index is 5.81. The van der Waals surface area contributed by atoms with Crippen molar-refractivity contribution >= 4 is 33.2 Å². The van der Waals surface area contributed by atoms with Gasteiger partial charge in [0.25, 0.3) is 0 Å². The number of anilines is 2. The smallest absolute Gasteiger partial charge is 0.322 e. The van der Waals surface area contributed by atoms with Crippen LogP contribution >= 0.6 is 0 Å². The van der Waals surface area contributed by atoms with Gasteiger partial charge in [0.2, 0.25) is 0 Å². The summed E-state index contributed by atoms with van der Waals surface area (Å²) in [7, 11) is 3.96. The molecule has 0 N–H and O–H groups in total. The summed E-state index contributed by atoms with van der Waals surface area (Å²) in [6.45, 7) is 0. The highest BCUT2D eigenvalue weighted by molar-refractivity contribution is 5.83. The van der Waals surface area contributed by atoms with Gasteiger partial charge in [-0.3, -0.25) is 9.67 Å². The second-order valence-corrected chi connectivity index (χ2v) is 6.79. The van der Waals surface area contributed by atoms with E-state index in [1.807, 2.05) is 61.4 Å². The predicted octanol–water partition coefficient (Wildman–Crippen LogP) is 4.47. The first-order valence-corrected chi connectivity index (χ1v) is 9.17. The molecule has 7 nitrogen and oxygen atoms in total. The van der Waals surface area contributed by atoms with Crippen molar-refractivity contribution in [2.75, 3.05) is 11.9 Å². The number of rotatable bonds is 4. The molecule has 0 spiro atoms. The SMILES string of the molecule is CN(c1ccc(Oc2ncc3ccncc3n2)cc1)c1ccc2nn(C)cc2c1. The Kier molecular flexibility index (Phi) is 4.05. The van der Waals surface area contributed by atoms with E-state index < -0.39 is 0 Å². The molecule has 0 radical (unpaired) electrons. The van der Waals surface area contributed by atoms with Gasteiger partial charge in [-0.2, -0.15) is 10.1 Å². The monoisotopic (exact) mass is 382 g/mol. The fraction of sp³-hybridized carbons (Fsp3) is 0.0909. The van der Waals surface area contributed by atoms with Gasteiger partial charge in [-0.15, -0.1) is 0 Å². The highest BCUT2D eigenvalue weighted by atomic mass is 16.5. The summed E-state index contributed by atoms with van der Waals surface area (Å²) in [5.74, 6) is 0.674. The minimum atomic E-state index is 0.300. The zero-order chi connectivity index (χ0) is 19.8. The summed E-state index contributed by atoms with van der Waals surface area (Å²) >= 11 is 0. The topological polar surface area (TPSA) is 69.0 Å². The zero-order valence-corrected chi connectivity index (χ0v) is 16.0. The van der Waals surface area contributed by atoms with Gasteiger partial charge in [-0.05, 0) is 48.5 Å². The van der Waals surface area contributed by atoms with Crippen LogP contribution in [0.15, 0.2) is 73.3 Å². The van der Waals surface area contributed by atoms with Crippen LogP contribution in [0.3, 0.4) is 0 Å². The minimum absolute atomic E-state index is 0.300. The molecule has 0 aliphatic carbocycles. The molecule has 5 aromatic rings. The van der Waals surface area contributed by atoms with Crippen LogP contribution in [0.2, 0.25) is 0 Å². The molecule has 5 rings (SSSR count). The number of ether oxygens (including phenoxy) is 1. The second-order valence-electron chi connectivity index (χ2n) is 6.79. The Morgan fingerprint density at radius 2 is 1.72 bits per heavy atom. The van der Waals surface area contributed by atoms with Crippen LogP contribution in [0.1, 0.15) is 0 Å². The quantitative estimate of drug-likeness (QED) is 0.457. The van der Waals surface area contributed by atoms with Crippen molar-refractivity contribution in [2.45, 2.75) is 0 Å². The molecule has 0 bridgehead atoms. The predicted molar refractivity (Wildman–Crippen MR) is 113 cm³/mol. The van der Waals surface area contributed by atoms with Gasteiger partial charge in [0, 0.05) is 54.8 Å². The summed E-state index contributed by atoms with van der Waals surface area (Å²) in [5.41, 5.74) is 3.87. The van der Waals surface area contributed by atoms with Crippen LogP contribution in [-0.2, 0) is 7.05 Å². The average molecular weight is 382 g/mol. The molecule has 3 heterocycles. The van der Waals surface area contributed by atoms with E-state index in [1.165, 1.54) is 0 Å². The Bertz CT molecular complexity index is 1310.